The number of rotatable bonds is 8. The summed E-state index contributed by atoms with van der Waals surface area (Å²) in [4.78, 5) is 38.9. The van der Waals surface area contributed by atoms with Gasteiger partial charge in [-0.25, -0.2) is 4.79 Å². The van der Waals surface area contributed by atoms with Gasteiger partial charge < -0.3 is 10.1 Å². The number of fused-ring (bicyclic) bond motifs is 1. The zero-order valence-electron chi connectivity index (χ0n) is 17.6. The lowest BCUT2D eigenvalue weighted by Gasteiger charge is -2.14. The monoisotopic (exact) mass is 449 g/mol. The highest BCUT2D eigenvalue weighted by atomic mass is 32.1. The first kappa shape index (κ1) is 21.6. The highest BCUT2D eigenvalue weighted by Gasteiger charge is 2.17. The van der Waals surface area contributed by atoms with Gasteiger partial charge in [-0.3, -0.25) is 18.7 Å². The second-order valence-corrected chi connectivity index (χ2v) is 8.09. The maximum atomic E-state index is 13.2. The molecule has 164 valence electrons. The van der Waals surface area contributed by atoms with Crippen LogP contribution in [0.15, 0.2) is 75.6 Å². The van der Waals surface area contributed by atoms with E-state index < -0.39 is 5.69 Å². The molecule has 0 aliphatic rings. The molecule has 1 amide bonds. The van der Waals surface area contributed by atoms with Crippen LogP contribution in [0, 0.1) is 0 Å². The number of anilines is 1. The Morgan fingerprint density at radius 1 is 1.00 bits per heavy atom. The average Bonchev–Trinajstić information content (AvgIpc) is 3.29. The number of ether oxygens (including phenoxy) is 1. The molecular weight excluding hydrogens is 426 g/mol. The summed E-state index contributed by atoms with van der Waals surface area (Å²) < 4.78 is 8.58. The molecule has 2 aromatic heterocycles. The summed E-state index contributed by atoms with van der Waals surface area (Å²) in [6.07, 6.45) is 0.542. The highest BCUT2D eigenvalue weighted by molar-refractivity contribution is 7.17. The van der Waals surface area contributed by atoms with Crippen molar-refractivity contribution in [2.45, 2.75) is 26.4 Å². The van der Waals surface area contributed by atoms with Crippen molar-refractivity contribution < 1.29 is 9.53 Å². The molecule has 2 heterocycles. The van der Waals surface area contributed by atoms with Crippen LogP contribution in [0.2, 0.25) is 0 Å². The lowest BCUT2D eigenvalue weighted by Crippen LogP contribution is -2.41. The number of thiophene rings is 1. The highest BCUT2D eigenvalue weighted by Crippen LogP contribution is 2.23. The lowest BCUT2D eigenvalue weighted by molar-refractivity contribution is -0.116. The number of carbonyl (C=O) groups excluding carboxylic acids is 1. The van der Waals surface area contributed by atoms with Crippen molar-refractivity contribution in [3.63, 3.8) is 0 Å². The van der Waals surface area contributed by atoms with Crippen LogP contribution in [0.25, 0.3) is 10.2 Å². The zero-order valence-corrected chi connectivity index (χ0v) is 18.4. The van der Waals surface area contributed by atoms with Crippen LogP contribution in [0.5, 0.6) is 5.75 Å². The Labute approximate surface area is 188 Å². The van der Waals surface area contributed by atoms with Crippen molar-refractivity contribution in [2.24, 2.45) is 0 Å². The van der Waals surface area contributed by atoms with Gasteiger partial charge in [0.15, 0.2) is 0 Å². The van der Waals surface area contributed by atoms with Crippen molar-refractivity contribution >= 4 is 33.1 Å². The third-order valence-electron chi connectivity index (χ3n) is 5.07. The van der Waals surface area contributed by atoms with Gasteiger partial charge in [0.25, 0.3) is 5.56 Å². The summed E-state index contributed by atoms with van der Waals surface area (Å²) in [5.41, 5.74) is 1.21. The molecule has 0 radical (unpaired) electrons. The summed E-state index contributed by atoms with van der Waals surface area (Å²) in [5.74, 6) is 0.184. The fourth-order valence-corrected chi connectivity index (χ4v) is 4.40. The summed E-state index contributed by atoms with van der Waals surface area (Å²) in [6, 6.07) is 18.5. The van der Waals surface area contributed by atoms with E-state index in [0.717, 1.165) is 5.56 Å². The molecule has 0 fully saturated rings. The third kappa shape index (κ3) is 4.50. The molecule has 0 aliphatic carbocycles. The number of hydrogen-bond acceptors (Lipinski definition) is 5. The minimum atomic E-state index is -0.495. The normalized spacial score (nSPS) is 10.9. The number of para-hydroxylation sites is 2. The second kappa shape index (κ2) is 9.65. The Kier molecular flexibility index (Phi) is 6.51. The first-order chi connectivity index (χ1) is 15.6. The zero-order chi connectivity index (χ0) is 22.5. The van der Waals surface area contributed by atoms with E-state index in [1.54, 1.807) is 29.6 Å². The lowest BCUT2D eigenvalue weighted by atomic mass is 10.1. The second-order valence-electron chi connectivity index (χ2n) is 7.17. The molecule has 2 aromatic carbocycles. The van der Waals surface area contributed by atoms with E-state index in [0.29, 0.717) is 34.7 Å². The van der Waals surface area contributed by atoms with Gasteiger partial charge in [-0.1, -0.05) is 42.5 Å². The van der Waals surface area contributed by atoms with E-state index in [4.69, 9.17) is 4.74 Å². The number of aromatic nitrogens is 2. The maximum absolute atomic E-state index is 13.2. The topological polar surface area (TPSA) is 82.3 Å². The Morgan fingerprint density at radius 2 is 1.75 bits per heavy atom. The molecule has 0 bridgehead atoms. The van der Waals surface area contributed by atoms with Crippen molar-refractivity contribution in [2.75, 3.05) is 11.9 Å². The van der Waals surface area contributed by atoms with Gasteiger partial charge >= 0.3 is 5.69 Å². The molecule has 0 unspecified atom stereocenters. The largest absolute Gasteiger partial charge is 0.492 e. The third-order valence-corrected chi connectivity index (χ3v) is 5.96. The molecule has 0 saturated carbocycles. The first-order valence-corrected chi connectivity index (χ1v) is 11.2. The summed E-state index contributed by atoms with van der Waals surface area (Å²) in [7, 11) is 0. The Morgan fingerprint density at radius 3 is 2.53 bits per heavy atom. The number of benzene rings is 2. The predicted molar refractivity (Wildman–Crippen MR) is 127 cm³/mol. The Balaban J connectivity index is 1.64. The van der Waals surface area contributed by atoms with Gasteiger partial charge in [-0.05, 0) is 42.5 Å². The minimum Gasteiger partial charge on any atom is -0.492 e. The smallest absolute Gasteiger partial charge is 0.332 e. The predicted octanol–water partition coefficient (Wildman–Crippen LogP) is 3.50. The van der Waals surface area contributed by atoms with E-state index in [-0.39, 0.29) is 24.6 Å². The van der Waals surface area contributed by atoms with Crippen LogP contribution in [0.3, 0.4) is 0 Å². The number of hydrogen-bond donors (Lipinski definition) is 1. The van der Waals surface area contributed by atoms with Gasteiger partial charge in [-0.2, -0.15) is 0 Å². The van der Waals surface area contributed by atoms with Crippen LogP contribution < -0.4 is 21.3 Å². The van der Waals surface area contributed by atoms with Crippen LogP contribution in [-0.4, -0.2) is 21.6 Å². The molecule has 7 nitrogen and oxygen atoms in total. The first-order valence-electron chi connectivity index (χ1n) is 10.3. The minimum absolute atomic E-state index is 0.210. The van der Waals surface area contributed by atoms with Gasteiger partial charge in [0.2, 0.25) is 5.91 Å². The molecule has 0 aliphatic heterocycles. The molecule has 8 heteroatoms. The number of carbonyl (C=O) groups is 1. The van der Waals surface area contributed by atoms with Gasteiger partial charge in [-0.15, -0.1) is 11.3 Å². The SMILES string of the molecule is CCOc1ccccc1NC(=O)Cn1c(=O)n(CCc2ccccc2)c(=O)c2sccc21. The molecule has 1 N–H and O–H groups in total. The van der Waals surface area contributed by atoms with E-state index in [2.05, 4.69) is 5.32 Å². The number of amides is 1. The summed E-state index contributed by atoms with van der Waals surface area (Å²) >= 11 is 1.27. The van der Waals surface area contributed by atoms with Crippen LogP contribution in [0.1, 0.15) is 12.5 Å². The van der Waals surface area contributed by atoms with Gasteiger partial charge in [0.05, 0.1) is 17.8 Å². The Bertz CT molecular complexity index is 1360. The summed E-state index contributed by atoms with van der Waals surface area (Å²) in [5, 5.41) is 4.57. The van der Waals surface area contributed by atoms with Crippen LogP contribution >= 0.6 is 11.3 Å². The van der Waals surface area contributed by atoms with Crippen molar-refractivity contribution in [1.29, 1.82) is 0 Å². The van der Waals surface area contributed by atoms with Gasteiger partial charge in [0.1, 0.15) is 17.0 Å². The van der Waals surface area contributed by atoms with E-state index in [9.17, 15) is 14.4 Å². The fourth-order valence-electron chi connectivity index (χ4n) is 3.55. The molecule has 0 atom stereocenters. The molecule has 32 heavy (non-hydrogen) atoms. The molecule has 4 rings (SSSR count). The van der Waals surface area contributed by atoms with E-state index in [1.807, 2.05) is 43.3 Å². The molecule has 0 saturated heterocycles. The number of aryl methyl sites for hydroxylation is 1. The van der Waals surface area contributed by atoms with E-state index >= 15 is 0 Å². The number of nitrogens with zero attached hydrogens (tertiary/aromatic N) is 2. The Hall–Kier alpha value is -3.65. The average molecular weight is 450 g/mol. The van der Waals surface area contributed by atoms with Crippen molar-refractivity contribution in [3.05, 3.63) is 92.4 Å². The standard InChI is InChI=1S/C24H23N3O4S/c1-2-31-20-11-7-6-10-18(20)25-21(28)16-27-19-13-15-32-22(19)23(29)26(24(27)30)14-12-17-8-4-3-5-9-17/h3-11,13,15H,2,12,14,16H2,1H3,(H,25,28). The van der Waals surface area contributed by atoms with E-state index in [1.165, 1.54) is 20.5 Å². The van der Waals surface area contributed by atoms with Crippen LogP contribution in [0.4, 0.5) is 5.69 Å². The molecule has 4 aromatic rings. The molecular formula is C24H23N3O4S. The van der Waals surface area contributed by atoms with Crippen molar-refractivity contribution in [1.82, 2.24) is 9.13 Å². The fraction of sp³-hybridized carbons (Fsp3) is 0.208. The quantitative estimate of drug-likeness (QED) is 0.446. The number of nitrogens with one attached hydrogen (secondary N) is 1. The molecule has 0 spiro atoms. The van der Waals surface area contributed by atoms with Crippen molar-refractivity contribution in [3.8, 4) is 5.75 Å². The van der Waals surface area contributed by atoms with Crippen LogP contribution in [-0.2, 0) is 24.3 Å². The summed E-state index contributed by atoms with van der Waals surface area (Å²) in [6.45, 7) is 2.36. The maximum Gasteiger partial charge on any atom is 0.332 e. The van der Waals surface area contributed by atoms with Gasteiger partial charge in [0, 0.05) is 6.54 Å².